The van der Waals surface area contributed by atoms with E-state index in [2.05, 4.69) is 16.4 Å². The highest BCUT2D eigenvalue weighted by atomic mass is 32.1. The third-order valence-electron chi connectivity index (χ3n) is 6.33. The van der Waals surface area contributed by atoms with Crippen LogP contribution in [0.3, 0.4) is 0 Å². The number of hydrogen-bond acceptors (Lipinski definition) is 6. The van der Waals surface area contributed by atoms with Gasteiger partial charge in [-0.05, 0) is 61.1 Å². The van der Waals surface area contributed by atoms with Gasteiger partial charge in [0, 0.05) is 36.2 Å². The zero-order valence-electron chi connectivity index (χ0n) is 20.6. The topological polar surface area (TPSA) is 95.3 Å². The molecule has 2 amide bonds. The fraction of sp³-hybridized carbons (Fsp3) is 0.357. The van der Waals surface area contributed by atoms with Gasteiger partial charge in [-0.25, -0.2) is 0 Å². The number of fused-ring (bicyclic) bond motifs is 1. The van der Waals surface area contributed by atoms with Gasteiger partial charge in [-0.1, -0.05) is 25.1 Å². The molecule has 1 aliphatic rings. The number of nitrogens with zero attached hydrogens (tertiary/aromatic N) is 3. The number of carbonyl (C=O) groups is 2. The van der Waals surface area contributed by atoms with Crippen LogP contribution in [0, 0.1) is 11.3 Å². The number of aryl methyl sites for hydroxylation is 1. The van der Waals surface area contributed by atoms with Gasteiger partial charge in [0.25, 0.3) is 0 Å². The van der Waals surface area contributed by atoms with E-state index in [-0.39, 0.29) is 17.7 Å². The lowest BCUT2D eigenvalue weighted by Crippen LogP contribution is -2.35. The summed E-state index contributed by atoms with van der Waals surface area (Å²) in [5.41, 5.74) is 3.40. The molecule has 0 fully saturated rings. The molecule has 2 aromatic heterocycles. The van der Waals surface area contributed by atoms with Crippen molar-refractivity contribution in [2.45, 2.75) is 52.0 Å². The number of ether oxygens (including phenoxy) is 1. The highest BCUT2D eigenvalue weighted by Crippen LogP contribution is 2.37. The van der Waals surface area contributed by atoms with Crippen molar-refractivity contribution in [2.75, 3.05) is 18.5 Å². The van der Waals surface area contributed by atoms with Gasteiger partial charge in [-0.15, -0.1) is 11.3 Å². The largest absolute Gasteiger partial charge is 0.494 e. The Balaban J connectivity index is 1.38. The lowest BCUT2D eigenvalue weighted by atomic mass is 9.97. The second-order valence-electron chi connectivity index (χ2n) is 8.86. The minimum Gasteiger partial charge on any atom is -0.494 e. The van der Waals surface area contributed by atoms with Gasteiger partial charge in [0.1, 0.15) is 16.8 Å². The molecule has 1 aromatic carbocycles. The van der Waals surface area contributed by atoms with Crippen LogP contribution in [0.5, 0.6) is 5.75 Å². The quantitative estimate of drug-likeness (QED) is 0.441. The summed E-state index contributed by atoms with van der Waals surface area (Å²) in [4.78, 5) is 32.8. The molecule has 0 radical (unpaired) electrons. The molecule has 1 unspecified atom stereocenters. The van der Waals surface area contributed by atoms with Crippen molar-refractivity contribution in [2.24, 2.45) is 0 Å². The predicted octanol–water partition coefficient (Wildman–Crippen LogP) is 5.06. The molecule has 7 nitrogen and oxygen atoms in total. The van der Waals surface area contributed by atoms with Crippen LogP contribution in [0.25, 0.3) is 0 Å². The van der Waals surface area contributed by atoms with Gasteiger partial charge in [0.05, 0.1) is 18.7 Å². The van der Waals surface area contributed by atoms with Crippen molar-refractivity contribution in [3.63, 3.8) is 0 Å². The molecule has 4 rings (SSSR count). The Bertz CT molecular complexity index is 1270. The number of anilines is 1. The third kappa shape index (κ3) is 6.10. The SMILES string of the molecule is CCOc1cccc(C(C)CC(=O)Nc2sc3c(c2C#N)CCN(C(=O)CCc2ccccn2)C3)c1. The van der Waals surface area contributed by atoms with Crippen LogP contribution in [-0.2, 0) is 29.0 Å². The number of benzene rings is 1. The van der Waals surface area contributed by atoms with Crippen LogP contribution >= 0.6 is 11.3 Å². The Morgan fingerprint density at radius 2 is 2.14 bits per heavy atom. The maximum Gasteiger partial charge on any atom is 0.225 e. The normalized spacial score (nSPS) is 13.4. The van der Waals surface area contributed by atoms with Crippen LogP contribution in [-0.4, -0.2) is 34.8 Å². The van der Waals surface area contributed by atoms with E-state index in [0.717, 1.165) is 27.4 Å². The van der Waals surface area contributed by atoms with Crippen molar-refractivity contribution in [3.8, 4) is 11.8 Å². The van der Waals surface area contributed by atoms with Gasteiger partial charge in [0.2, 0.25) is 11.8 Å². The molecule has 0 spiro atoms. The van der Waals surface area contributed by atoms with Gasteiger partial charge >= 0.3 is 0 Å². The van der Waals surface area contributed by atoms with E-state index in [1.807, 2.05) is 61.2 Å². The predicted molar refractivity (Wildman–Crippen MR) is 140 cm³/mol. The standard InChI is InChI=1S/C28H30N4O3S/c1-3-35-22-9-6-7-20(16-22)19(2)15-26(33)31-28-24(17-29)23-12-14-32(18-25(23)36-28)27(34)11-10-21-8-4-5-13-30-21/h4-9,13,16,19H,3,10-12,14-15,18H2,1-2H3,(H,31,33). The first kappa shape index (κ1) is 25.4. The van der Waals surface area contributed by atoms with E-state index in [9.17, 15) is 14.9 Å². The molecule has 8 heteroatoms. The first-order valence-corrected chi connectivity index (χ1v) is 13.0. The van der Waals surface area contributed by atoms with Crippen LogP contribution in [0.1, 0.15) is 59.9 Å². The molecule has 0 bridgehead atoms. The van der Waals surface area contributed by atoms with Crippen LogP contribution in [0.2, 0.25) is 0 Å². The van der Waals surface area contributed by atoms with Gasteiger partial charge in [-0.3, -0.25) is 14.6 Å². The van der Waals surface area contributed by atoms with E-state index >= 15 is 0 Å². The van der Waals surface area contributed by atoms with Crippen molar-refractivity contribution >= 4 is 28.2 Å². The summed E-state index contributed by atoms with van der Waals surface area (Å²) in [7, 11) is 0. The second-order valence-corrected chi connectivity index (χ2v) is 9.97. The molecule has 3 heterocycles. The molecule has 1 aliphatic heterocycles. The van der Waals surface area contributed by atoms with Crippen LogP contribution in [0.15, 0.2) is 48.7 Å². The average Bonchev–Trinajstić information content (AvgIpc) is 3.24. The average molecular weight is 503 g/mol. The maximum atomic E-state index is 12.9. The molecule has 3 aromatic rings. The number of pyridine rings is 1. The molecule has 0 saturated carbocycles. The van der Waals surface area contributed by atoms with E-state index < -0.39 is 0 Å². The Labute approximate surface area is 215 Å². The van der Waals surface area contributed by atoms with Crippen molar-refractivity contribution in [1.29, 1.82) is 5.26 Å². The summed E-state index contributed by atoms with van der Waals surface area (Å²) in [5.74, 6) is 0.728. The van der Waals surface area contributed by atoms with E-state index in [0.29, 0.717) is 55.9 Å². The lowest BCUT2D eigenvalue weighted by molar-refractivity contribution is -0.132. The van der Waals surface area contributed by atoms with Crippen molar-refractivity contribution in [1.82, 2.24) is 9.88 Å². The minimum absolute atomic E-state index is 0.00209. The first-order valence-electron chi connectivity index (χ1n) is 12.2. The molecular weight excluding hydrogens is 472 g/mol. The molecule has 36 heavy (non-hydrogen) atoms. The van der Waals surface area contributed by atoms with Gasteiger partial charge in [0.15, 0.2) is 0 Å². The van der Waals surface area contributed by atoms with Crippen molar-refractivity contribution in [3.05, 3.63) is 75.9 Å². The minimum atomic E-state index is -0.136. The number of nitrogens with one attached hydrogen (secondary N) is 1. The third-order valence-corrected chi connectivity index (χ3v) is 7.46. The second kappa shape index (κ2) is 11.8. The van der Waals surface area contributed by atoms with Crippen molar-refractivity contribution < 1.29 is 14.3 Å². The van der Waals surface area contributed by atoms with Gasteiger partial charge in [-0.2, -0.15) is 5.26 Å². The number of hydrogen-bond donors (Lipinski definition) is 1. The number of amides is 2. The van der Waals surface area contributed by atoms with Gasteiger partial charge < -0.3 is 15.0 Å². The maximum absolute atomic E-state index is 12.9. The fourth-order valence-corrected chi connectivity index (χ4v) is 5.64. The van der Waals surface area contributed by atoms with E-state index in [4.69, 9.17) is 4.74 Å². The highest BCUT2D eigenvalue weighted by molar-refractivity contribution is 7.16. The number of rotatable bonds is 9. The zero-order chi connectivity index (χ0) is 25.5. The molecule has 1 atom stereocenters. The van der Waals surface area contributed by atoms with Crippen LogP contribution < -0.4 is 10.1 Å². The highest BCUT2D eigenvalue weighted by Gasteiger charge is 2.27. The van der Waals surface area contributed by atoms with E-state index in [1.165, 1.54) is 11.3 Å². The summed E-state index contributed by atoms with van der Waals surface area (Å²) < 4.78 is 5.57. The Morgan fingerprint density at radius 1 is 1.28 bits per heavy atom. The summed E-state index contributed by atoms with van der Waals surface area (Å²) >= 11 is 1.40. The first-order chi connectivity index (χ1) is 17.5. The number of carbonyl (C=O) groups excluding carboxylic acids is 2. The molecule has 1 N–H and O–H groups in total. The summed E-state index contributed by atoms with van der Waals surface area (Å²) in [6.07, 6.45) is 3.64. The summed E-state index contributed by atoms with van der Waals surface area (Å²) in [6.45, 7) is 5.57. The molecule has 186 valence electrons. The fourth-order valence-electron chi connectivity index (χ4n) is 4.41. The number of aromatic nitrogens is 1. The summed E-state index contributed by atoms with van der Waals surface area (Å²) in [5, 5.41) is 13.3. The Kier molecular flexibility index (Phi) is 8.34. The Morgan fingerprint density at radius 3 is 2.89 bits per heavy atom. The monoisotopic (exact) mass is 502 g/mol. The smallest absolute Gasteiger partial charge is 0.225 e. The molecule has 0 saturated heterocycles. The number of nitriles is 1. The molecular formula is C28H30N4O3S. The summed E-state index contributed by atoms with van der Waals surface area (Å²) in [6, 6.07) is 15.8. The lowest BCUT2D eigenvalue weighted by Gasteiger charge is -2.27. The van der Waals surface area contributed by atoms with Crippen LogP contribution in [0.4, 0.5) is 5.00 Å². The zero-order valence-corrected chi connectivity index (χ0v) is 21.4. The Hall–Kier alpha value is -3.70. The molecule has 0 aliphatic carbocycles. The number of thiophene rings is 1. The van der Waals surface area contributed by atoms with E-state index in [1.54, 1.807) is 6.20 Å².